The first kappa shape index (κ1) is 12.7. The van der Waals surface area contributed by atoms with Crippen LogP contribution in [0.25, 0.3) is 0 Å². The van der Waals surface area contributed by atoms with Gasteiger partial charge < -0.3 is 14.6 Å². The standard InChI is InChI=1S/C13H17ClO3/c1-9(15)12-7-10(14)4-5-13(12)17-11-3-2-6-16-8-11/h4-5,7,9,11,15H,2-3,6,8H2,1H3. The second-order valence-electron chi connectivity index (χ2n) is 4.32. The number of rotatable bonds is 3. The van der Waals surface area contributed by atoms with Crippen molar-refractivity contribution in [3.05, 3.63) is 28.8 Å². The molecule has 2 unspecified atom stereocenters. The monoisotopic (exact) mass is 256 g/mol. The Balaban J connectivity index is 2.13. The molecule has 1 aliphatic rings. The molecule has 3 nitrogen and oxygen atoms in total. The van der Waals surface area contributed by atoms with Crippen molar-refractivity contribution < 1.29 is 14.6 Å². The molecule has 0 radical (unpaired) electrons. The first-order chi connectivity index (χ1) is 8.16. The highest BCUT2D eigenvalue weighted by molar-refractivity contribution is 6.30. The van der Waals surface area contributed by atoms with Crippen molar-refractivity contribution in [3.8, 4) is 5.75 Å². The molecule has 1 N–H and O–H groups in total. The Kier molecular flexibility index (Phi) is 4.26. The fourth-order valence-electron chi connectivity index (χ4n) is 1.94. The van der Waals surface area contributed by atoms with Gasteiger partial charge in [0.2, 0.25) is 0 Å². The Morgan fingerprint density at radius 3 is 3.00 bits per heavy atom. The molecule has 1 aromatic carbocycles. The van der Waals surface area contributed by atoms with E-state index in [2.05, 4.69) is 0 Å². The molecule has 0 aromatic heterocycles. The average Bonchev–Trinajstić information content (AvgIpc) is 2.32. The lowest BCUT2D eigenvalue weighted by molar-refractivity contribution is 0.00614. The van der Waals surface area contributed by atoms with Crippen LogP contribution in [0.2, 0.25) is 5.02 Å². The second-order valence-corrected chi connectivity index (χ2v) is 4.75. The van der Waals surface area contributed by atoms with Crippen LogP contribution in [0.5, 0.6) is 5.75 Å². The predicted molar refractivity (Wildman–Crippen MR) is 66.6 cm³/mol. The quantitative estimate of drug-likeness (QED) is 0.904. The van der Waals surface area contributed by atoms with Crippen LogP contribution in [0.3, 0.4) is 0 Å². The lowest BCUT2D eigenvalue weighted by Gasteiger charge is -2.25. The molecule has 2 atom stereocenters. The zero-order valence-electron chi connectivity index (χ0n) is 9.86. The molecular weight excluding hydrogens is 240 g/mol. The zero-order valence-corrected chi connectivity index (χ0v) is 10.6. The molecule has 0 saturated carbocycles. The maximum absolute atomic E-state index is 9.69. The highest BCUT2D eigenvalue weighted by atomic mass is 35.5. The topological polar surface area (TPSA) is 38.7 Å². The van der Waals surface area contributed by atoms with Gasteiger partial charge in [0.05, 0.1) is 12.7 Å². The van der Waals surface area contributed by atoms with Gasteiger partial charge >= 0.3 is 0 Å². The highest BCUT2D eigenvalue weighted by Gasteiger charge is 2.18. The van der Waals surface area contributed by atoms with Crippen molar-refractivity contribution in [3.63, 3.8) is 0 Å². The van der Waals surface area contributed by atoms with Gasteiger partial charge in [0.25, 0.3) is 0 Å². The molecule has 94 valence electrons. The van der Waals surface area contributed by atoms with Crippen molar-refractivity contribution in [2.24, 2.45) is 0 Å². The fourth-order valence-corrected chi connectivity index (χ4v) is 2.12. The zero-order chi connectivity index (χ0) is 12.3. The van der Waals surface area contributed by atoms with E-state index in [4.69, 9.17) is 21.1 Å². The van der Waals surface area contributed by atoms with E-state index in [0.29, 0.717) is 17.4 Å². The molecule has 1 saturated heterocycles. The Labute approximate surface area is 106 Å². The Morgan fingerprint density at radius 2 is 2.35 bits per heavy atom. The van der Waals surface area contributed by atoms with Gasteiger partial charge in [0, 0.05) is 17.2 Å². The third kappa shape index (κ3) is 3.35. The van der Waals surface area contributed by atoms with E-state index in [9.17, 15) is 5.11 Å². The van der Waals surface area contributed by atoms with Crippen LogP contribution in [-0.4, -0.2) is 24.4 Å². The van der Waals surface area contributed by atoms with Gasteiger partial charge in [0.15, 0.2) is 0 Å². The van der Waals surface area contributed by atoms with Gasteiger partial charge in [-0.15, -0.1) is 0 Å². The molecule has 1 fully saturated rings. The number of hydrogen-bond donors (Lipinski definition) is 1. The van der Waals surface area contributed by atoms with Crippen LogP contribution >= 0.6 is 11.6 Å². The molecule has 0 aliphatic carbocycles. The Bertz CT molecular complexity index is 373. The smallest absolute Gasteiger partial charge is 0.125 e. The van der Waals surface area contributed by atoms with E-state index >= 15 is 0 Å². The molecule has 1 aliphatic heterocycles. The van der Waals surface area contributed by atoms with Crippen LogP contribution in [0.15, 0.2) is 18.2 Å². The molecule has 1 aromatic rings. The second kappa shape index (κ2) is 5.71. The van der Waals surface area contributed by atoms with Gasteiger partial charge in [-0.25, -0.2) is 0 Å². The summed E-state index contributed by atoms with van der Waals surface area (Å²) < 4.78 is 11.2. The van der Waals surface area contributed by atoms with Crippen molar-refractivity contribution in [1.82, 2.24) is 0 Å². The number of aliphatic hydroxyl groups excluding tert-OH is 1. The maximum Gasteiger partial charge on any atom is 0.125 e. The Hall–Kier alpha value is -0.770. The number of aliphatic hydroxyl groups is 1. The minimum Gasteiger partial charge on any atom is -0.488 e. The molecule has 2 rings (SSSR count). The normalized spacial score (nSPS) is 22.2. The van der Waals surface area contributed by atoms with Crippen LogP contribution in [0.4, 0.5) is 0 Å². The highest BCUT2D eigenvalue weighted by Crippen LogP contribution is 2.30. The number of benzene rings is 1. The van der Waals surface area contributed by atoms with Crippen LogP contribution < -0.4 is 4.74 Å². The molecule has 1 heterocycles. The van der Waals surface area contributed by atoms with Crippen LogP contribution in [0, 0.1) is 0 Å². The summed E-state index contributed by atoms with van der Waals surface area (Å²) in [6, 6.07) is 5.32. The number of halogens is 1. The largest absolute Gasteiger partial charge is 0.488 e. The van der Waals surface area contributed by atoms with E-state index in [1.807, 2.05) is 0 Å². The average molecular weight is 257 g/mol. The summed E-state index contributed by atoms with van der Waals surface area (Å²) in [5.74, 6) is 0.694. The lowest BCUT2D eigenvalue weighted by atomic mass is 10.1. The Morgan fingerprint density at radius 1 is 1.53 bits per heavy atom. The minimum atomic E-state index is -0.590. The maximum atomic E-state index is 9.69. The van der Waals surface area contributed by atoms with E-state index in [-0.39, 0.29) is 6.10 Å². The molecular formula is C13H17ClO3. The molecule has 0 bridgehead atoms. The summed E-state index contributed by atoms with van der Waals surface area (Å²) >= 11 is 5.91. The first-order valence-electron chi connectivity index (χ1n) is 5.88. The summed E-state index contributed by atoms with van der Waals surface area (Å²) in [6.45, 7) is 3.13. The third-order valence-corrected chi connectivity index (χ3v) is 3.07. The number of ether oxygens (including phenoxy) is 2. The van der Waals surface area contributed by atoms with Crippen molar-refractivity contribution in [2.45, 2.75) is 32.0 Å². The minimum absolute atomic E-state index is 0.0717. The van der Waals surface area contributed by atoms with Crippen molar-refractivity contribution in [1.29, 1.82) is 0 Å². The van der Waals surface area contributed by atoms with Gasteiger partial charge in [-0.05, 0) is 38.0 Å². The summed E-state index contributed by atoms with van der Waals surface area (Å²) in [5.41, 5.74) is 0.725. The predicted octanol–water partition coefficient (Wildman–Crippen LogP) is 2.95. The first-order valence-corrected chi connectivity index (χ1v) is 6.26. The van der Waals surface area contributed by atoms with E-state index in [1.54, 1.807) is 25.1 Å². The van der Waals surface area contributed by atoms with Crippen LogP contribution in [-0.2, 0) is 4.74 Å². The summed E-state index contributed by atoms with van der Waals surface area (Å²) in [4.78, 5) is 0. The lowest BCUT2D eigenvalue weighted by Crippen LogP contribution is -2.28. The molecule has 17 heavy (non-hydrogen) atoms. The van der Waals surface area contributed by atoms with E-state index in [1.165, 1.54) is 0 Å². The summed E-state index contributed by atoms with van der Waals surface area (Å²) in [6.07, 6.45) is 1.49. The van der Waals surface area contributed by atoms with E-state index in [0.717, 1.165) is 25.0 Å². The third-order valence-electron chi connectivity index (χ3n) is 2.83. The van der Waals surface area contributed by atoms with Crippen molar-refractivity contribution >= 4 is 11.6 Å². The summed E-state index contributed by atoms with van der Waals surface area (Å²) in [5, 5.41) is 10.3. The van der Waals surface area contributed by atoms with E-state index < -0.39 is 6.10 Å². The van der Waals surface area contributed by atoms with Gasteiger partial charge in [-0.1, -0.05) is 11.6 Å². The van der Waals surface area contributed by atoms with Gasteiger partial charge in [-0.2, -0.15) is 0 Å². The molecule has 4 heteroatoms. The van der Waals surface area contributed by atoms with Crippen molar-refractivity contribution in [2.75, 3.05) is 13.2 Å². The summed E-state index contributed by atoms with van der Waals surface area (Å²) in [7, 11) is 0. The molecule has 0 spiro atoms. The molecule has 0 amide bonds. The van der Waals surface area contributed by atoms with Gasteiger partial charge in [-0.3, -0.25) is 0 Å². The van der Waals surface area contributed by atoms with Gasteiger partial charge in [0.1, 0.15) is 11.9 Å². The SMILES string of the molecule is CC(O)c1cc(Cl)ccc1OC1CCCOC1. The number of hydrogen-bond acceptors (Lipinski definition) is 3. The van der Waals surface area contributed by atoms with Crippen LogP contribution in [0.1, 0.15) is 31.4 Å². The fraction of sp³-hybridized carbons (Fsp3) is 0.538.